The van der Waals surface area contributed by atoms with Crippen LogP contribution >= 0.6 is 11.3 Å². The highest BCUT2D eigenvalue weighted by molar-refractivity contribution is 7.17. The maximum absolute atomic E-state index is 12.4. The van der Waals surface area contributed by atoms with Gasteiger partial charge in [-0.05, 0) is 43.4 Å². The molecule has 6 heteroatoms. The highest BCUT2D eigenvalue weighted by Crippen LogP contribution is 2.39. The third-order valence-electron chi connectivity index (χ3n) is 4.34. The van der Waals surface area contributed by atoms with Crippen LogP contribution in [0.3, 0.4) is 0 Å². The zero-order valence-corrected chi connectivity index (χ0v) is 16.4. The standard InChI is InChI=1S/C21H23NO4S/c1-3-13-26-16-9-5-4-7-14(16)11-12-18(23)22-20-19(21(24)25-2)15-8-6-10-17(15)27-20/h4-5,7,9,11-12H,3,6,8,10,13H2,1-2H3,(H,22,23)/b12-11+. The number of nitrogens with one attached hydrogen (secondary N) is 1. The molecule has 0 saturated heterocycles. The Balaban J connectivity index is 1.76. The number of hydrogen-bond donors (Lipinski definition) is 1. The number of methoxy groups -OCH3 is 1. The Kier molecular flexibility index (Phi) is 6.29. The molecule has 1 aliphatic rings. The number of para-hydroxylation sites is 1. The zero-order chi connectivity index (χ0) is 19.2. The van der Waals surface area contributed by atoms with Gasteiger partial charge in [-0.3, -0.25) is 4.79 Å². The van der Waals surface area contributed by atoms with Crippen molar-refractivity contribution in [2.24, 2.45) is 0 Å². The lowest BCUT2D eigenvalue weighted by Crippen LogP contribution is -2.12. The summed E-state index contributed by atoms with van der Waals surface area (Å²) >= 11 is 1.47. The molecule has 0 unspecified atom stereocenters. The van der Waals surface area contributed by atoms with Crippen LogP contribution in [0.2, 0.25) is 0 Å². The van der Waals surface area contributed by atoms with Gasteiger partial charge < -0.3 is 14.8 Å². The monoisotopic (exact) mass is 385 g/mol. The second kappa shape index (κ2) is 8.86. The third-order valence-corrected chi connectivity index (χ3v) is 5.55. The predicted molar refractivity (Wildman–Crippen MR) is 108 cm³/mol. The fraction of sp³-hybridized carbons (Fsp3) is 0.333. The maximum Gasteiger partial charge on any atom is 0.341 e. The minimum absolute atomic E-state index is 0.287. The summed E-state index contributed by atoms with van der Waals surface area (Å²) in [5, 5.41) is 3.41. The summed E-state index contributed by atoms with van der Waals surface area (Å²) in [5.41, 5.74) is 2.36. The predicted octanol–water partition coefficient (Wildman–Crippen LogP) is 4.46. The highest BCUT2D eigenvalue weighted by atomic mass is 32.1. The first-order valence-electron chi connectivity index (χ1n) is 9.07. The number of fused-ring (bicyclic) bond motifs is 1. The van der Waals surface area contributed by atoms with Crippen LogP contribution in [0.15, 0.2) is 30.3 Å². The Morgan fingerprint density at radius 3 is 2.85 bits per heavy atom. The van der Waals surface area contributed by atoms with E-state index in [9.17, 15) is 9.59 Å². The molecule has 27 heavy (non-hydrogen) atoms. The number of hydrogen-bond acceptors (Lipinski definition) is 5. The maximum atomic E-state index is 12.4. The number of anilines is 1. The molecule has 1 aromatic carbocycles. The van der Waals surface area contributed by atoms with E-state index < -0.39 is 5.97 Å². The summed E-state index contributed by atoms with van der Waals surface area (Å²) in [6.45, 7) is 2.67. The normalized spacial score (nSPS) is 12.8. The molecule has 142 valence electrons. The second-order valence-electron chi connectivity index (χ2n) is 6.26. The molecule has 1 amide bonds. The first kappa shape index (κ1) is 19.2. The number of amides is 1. The van der Waals surface area contributed by atoms with Crippen molar-refractivity contribution in [2.75, 3.05) is 19.0 Å². The number of benzene rings is 1. The van der Waals surface area contributed by atoms with Crippen LogP contribution in [0.25, 0.3) is 6.08 Å². The third kappa shape index (κ3) is 4.39. The highest BCUT2D eigenvalue weighted by Gasteiger charge is 2.27. The fourth-order valence-corrected chi connectivity index (χ4v) is 4.37. The summed E-state index contributed by atoms with van der Waals surface area (Å²) in [6.07, 6.45) is 6.92. The number of rotatable bonds is 7. The van der Waals surface area contributed by atoms with Crippen molar-refractivity contribution in [3.05, 3.63) is 51.9 Å². The summed E-state index contributed by atoms with van der Waals surface area (Å²) in [7, 11) is 1.36. The van der Waals surface area contributed by atoms with Crippen LogP contribution in [-0.2, 0) is 22.4 Å². The van der Waals surface area contributed by atoms with Gasteiger partial charge in [0.1, 0.15) is 10.8 Å². The number of thiophene rings is 1. The quantitative estimate of drug-likeness (QED) is 0.564. The SMILES string of the molecule is CCCOc1ccccc1/C=C/C(=O)Nc1sc2c(c1C(=O)OC)CCC2. The Hall–Kier alpha value is -2.60. The van der Waals surface area contributed by atoms with E-state index in [1.165, 1.54) is 24.5 Å². The molecule has 0 radical (unpaired) electrons. The van der Waals surface area contributed by atoms with Gasteiger partial charge in [-0.25, -0.2) is 4.79 Å². The molecule has 1 aliphatic carbocycles. The van der Waals surface area contributed by atoms with E-state index in [0.717, 1.165) is 47.4 Å². The van der Waals surface area contributed by atoms with Gasteiger partial charge in [0.05, 0.1) is 19.3 Å². The molecule has 1 aromatic heterocycles. The van der Waals surface area contributed by atoms with Crippen molar-refractivity contribution in [3.63, 3.8) is 0 Å². The first-order valence-corrected chi connectivity index (χ1v) is 9.89. The lowest BCUT2D eigenvalue weighted by atomic mass is 10.1. The van der Waals surface area contributed by atoms with Gasteiger partial charge in [0.2, 0.25) is 5.91 Å². The minimum Gasteiger partial charge on any atom is -0.493 e. The van der Waals surface area contributed by atoms with Crippen LogP contribution in [0.5, 0.6) is 5.75 Å². The molecule has 0 fully saturated rings. The molecule has 1 heterocycles. The largest absolute Gasteiger partial charge is 0.493 e. The van der Waals surface area contributed by atoms with Crippen molar-refractivity contribution >= 4 is 34.3 Å². The molecule has 1 N–H and O–H groups in total. The summed E-state index contributed by atoms with van der Waals surface area (Å²) in [5.74, 6) is 0.0612. The van der Waals surface area contributed by atoms with Crippen molar-refractivity contribution in [1.82, 2.24) is 0 Å². The summed E-state index contributed by atoms with van der Waals surface area (Å²) in [6, 6.07) is 7.58. The number of aryl methyl sites for hydroxylation is 1. The Morgan fingerprint density at radius 1 is 1.26 bits per heavy atom. The van der Waals surface area contributed by atoms with Crippen LogP contribution in [0.1, 0.15) is 46.1 Å². The van der Waals surface area contributed by atoms with Crippen LogP contribution in [-0.4, -0.2) is 25.6 Å². The Bertz CT molecular complexity index is 869. The lowest BCUT2D eigenvalue weighted by molar-refractivity contribution is -0.111. The summed E-state index contributed by atoms with van der Waals surface area (Å²) in [4.78, 5) is 25.7. The van der Waals surface area contributed by atoms with Crippen LogP contribution in [0.4, 0.5) is 5.00 Å². The Labute approximate surface area is 163 Å². The van der Waals surface area contributed by atoms with Crippen molar-refractivity contribution < 1.29 is 19.1 Å². The average molecular weight is 385 g/mol. The molecule has 5 nitrogen and oxygen atoms in total. The molecule has 2 aromatic rings. The lowest BCUT2D eigenvalue weighted by Gasteiger charge is -2.08. The van der Waals surface area contributed by atoms with Gasteiger partial charge in [0, 0.05) is 16.5 Å². The van der Waals surface area contributed by atoms with E-state index >= 15 is 0 Å². The van der Waals surface area contributed by atoms with Crippen molar-refractivity contribution in [2.45, 2.75) is 32.6 Å². The number of carbonyl (C=O) groups is 2. The summed E-state index contributed by atoms with van der Waals surface area (Å²) < 4.78 is 10.6. The van der Waals surface area contributed by atoms with E-state index in [0.29, 0.717) is 17.2 Å². The first-order chi connectivity index (χ1) is 13.1. The Morgan fingerprint density at radius 2 is 2.07 bits per heavy atom. The van der Waals surface area contributed by atoms with Crippen LogP contribution in [0, 0.1) is 0 Å². The van der Waals surface area contributed by atoms with Gasteiger partial charge in [-0.15, -0.1) is 11.3 Å². The fourth-order valence-electron chi connectivity index (χ4n) is 3.09. The number of carbonyl (C=O) groups excluding carboxylic acids is 2. The van der Waals surface area contributed by atoms with Gasteiger partial charge in [-0.1, -0.05) is 25.1 Å². The van der Waals surface area contributed by atoms with Gasteiger partial charge >= 0.3 is 5.97 Å². The number of ether oxygens (including phenoxy) is 2. The van der Waals surface area contributed by atoms with E-state index in [1.807, 2.05) is 31.2 Å². The second-order valence-corrected chi connectivity index (χ2v) is 7.37. The minimum atomic E-state index is -0.396. The van der Waals surface area contributed by atoms with Crippen molar-refractivity contribution in [3.8, 4) is 5.75 Å². The molecule has 0 saturated carbocycles. The van der Waals surface area contributed by atoms with E-state index in [-0.39, 0.29) is 5.91 Å². The number of esters is 1. The van der Waals surface area contributed by atoms with E-state index in [2.05, 4.69) is 5.32 Å². The van der Waals surface area contributed by atoms with Gasteiger partial charge in [0.15, 0.2) is 0 Å². The van der Waals surface area contributed by atoms with E-state index in [4.69, 9.17) is 9.47 Å². The average Bonchev–Trinajstić information content (AvgIpc) is 3.25. The van der Waals surface area contributed by atoms with Gasteiger partial charge in [0.25, 0.3) is 0 Å². The molecule has 0 bridgehead atoms. The molecular weight excluding hydrogens is 362 g/mol. The zero-order valence-electron chi connectivity index (χ0n) is 15.5. The van der Waals surface area contributed by atoms with Gasteiger partial charge in [-0.2, -0.15) is 0 Å². The topological polar surface area (TPSA) is 64.6 Å². The molecule has 0 atom stereocenters. The van der Waals surface area contributed by atoms with Crippen LogP contribution < -0.4 is 10.1 Å². The van der Waals surface area contributed by atoms with Crippen molar-refractivity contribution in [1.29, 1.82) is 0 Å². The molecule has 0 spiro atoms. The molecule has 0 aliphatic heterocycles. The van der Waals surface area contributed by atoms with E-state index in [1.54, 1.807) is 6.08 Å². The molecule has 3 rings (SSSR count). The molecular formula is C21H23NO4S. The smallest absolute Gasteiger partial charge is 0.341 e.